The molecule has 3 rings (SSSR count). The van der Waals surface area contributed by atoms with E-state index >= 15 is 0 Å². The number of urea groups is 1. The first-order chi connectivity index (χ1) is 13.7. The van der Waals surface area contributed by atoms with Crippen molar-refractivity contribution in [3.05, 3.63) is 60.7 Å². The molecule has 0 aliphatic carbocycles. The van der Waals surface area contributed by atoms with Gasteiger partial charge < -0.3 is 4.57 Å². The smallest absolute Gasteiger partial charge is 0.320 e. The van der Waals surface area contributed by atoms with Gasteiger partial charge in [0.05, 0.1) is 20.8 Å². The van der Waals surface area contributed by atoms with Crippen LogP contribution in [0.25, 0.3) is 0 Å². The summed E-state index contributed by atoms with van der Waals surface area (Å²) in [6, 6.07) is 21.0. The van der Waals surface area contributed by atoms with Gasteiger partial charge >= 0.3 is 6.03 Å². The van der Waals surface area contributed by atoms with Crippen LogP contribution < -0.4 is 9.47 Å². The molecule has 0 saturated carbocycles. The first-order valence-corrected chi connectivity index (χ1v) is 22.0. The highest BCUT2D eigenvalue weighted by molar-refractivity contribution is 7.71. The summed E-state index contributed by atoms with van der Waals surface area (Å²) < 4.78 is 2.37. The molecule has 2 aromatic carbocycles. The minimum Gasteiger partial charge on any atom is -0.325 e. The fourth-order valence-electron chi connectivity index (χ4n) is 6.05. The average molecular weight is 455 g/mol. The van der Waals surface area contributed by atoms with E-state index < -0.39 is 22.5 Å². The predicted octanol–water partition coefficient (Wildman–Crippen LogP) is 6.87. The summed E-state index contributed by atoms with van der Waals surface area (Å²) in [6.45, 7) is 22.2. The molecule has 6 heteroatoms. The Morgan fingerprint density at radius 3 is 1.50 bits per heavy atom. The quantitative estimate of drug-likeness (QED) is 0.463. The van der Waals surface area contributed by atoms with Crippen molar-refractivity contribution < 1.29 is 4.79 Å². The van der Waals surface area contributed by atoms with E-state index in [1.54, 1.807) is 0 Å². The molecule has 1 heterocycles. The van der Waals surface area contributed by atoms with Crippen LogP contribution >= 0.6 is 0 Å². The van der Waals surface area contributed by atoms with Crippen molar-refractivity contribution in [2.75, 3.05) is 9.47 Å². The third kappa shape index (κ3) is 3.42. The Morgan fingerprint density at radius 1 is 0.733 bits per heavy atom. The second kappa shape index (κ2) is 7.50. The van der Waals surface area contributed by atoms with Gasteiger partial charge in [-0.25, -0.2) is 4.79 Å². The lowest BCUT2D eigenvalue weighted by Gasteiger charge is -2.57. The van der Waals surface area contributed by atoms with E-state index in [-0.39, 0.29) is 17.1 Å². The molecule has 2 aromatic rings. The minimum absolute atomic E-state index is 0.0121. The molecule has 1 unspecified atom stereocenters. The molecular formula is C24H38N2OSi3. The number of hydrogen-bond acceptors (Lipinski definition) is 1. The zero-order valence-electron chi connectivity index (χ0n) is 20.2. The second-order valence-electron chi connectivity index (χ2n) is 11.7. The SMILES string of the molecule is CC(C)(C)C1N(c2ccccc2)C(=O)N(c2ccccc2)[Si]1([Si](C)(C)C)[Si](C)(C)C. The minimum atomic E-state index is -2.29. The largest absolute Gasteiger partial charge is 0.325 e. The van der Waals surface area contributed by atoms with Crippen LogP contribution in [-0.2, 0) is 0 Å². The van der Waals surface area contributed by atoms with Crippen molar-refractivity contribution in [1.82, 2.24) is 0 Å². The summed E-state index contributed by atoms with van der Waals surface area (Å²) in [7, 11) is -5.85. The maximum atomic E-state index is 14.4. The highest BCUT2D eigenvalue weighted by Crippen LogP contribution is 2.51. The Balaban J connectivity index is 2.45. The Hall–Kier alpha value is -1.64. The lowest BCUT2D eigenvalue weighted by molar-refractivity contribution is 0.252. The van der Waals surface area contributed by atoms with Crippen LogP contribution in [0.5, 0.6) is 0 Å². The molecule has 0 aromatic heterocycles. The van der Waals surface area contributed by atoms with Gasteiger partial charge in [-0.2, -0.15) is 0 Å². The Bertz CT molecular complexity index is 882. The number of rotatable bonds is 4. The first-order valence-electron chi connectivity index (χ1n) is 11.0. The summed E-state index contributed by atoms with van der Waals surface area (Å²) in [5.74, 6) is 0. The molecule has 3 nitrogen and oxygen atoms in total. The number of para-hydroxylation sites is 2. The Kier molecular flexibility index (Phi) is 5.76. The van der Waals surface area contributed by atoms with E-state index in [1.165, 1.54) is 0 Å². The Labute approximate surface area is 185 Å². The van der Waals surface area contributed by atoms with E-state index in [0.717, 1.165) is 11.4 Å². The lowest BCUT2D eigenvalue weighted by Crippen LogP contribution is -2.85. The number of hydrogen-bond donors (Lipinski definition) is 0. The van der Waals surface area contributed by atoms with Gasteiger partial charge in [0, 0.05) is 11.4 Å². The van der Waals surface area contributed by atoms with Crippen LogP contribution in [0, 0.1) is 5.41 Å². The fraction of sp³-hybridized carbons (Fsp3) is 0.458. The summed E-state index contributed by atoms with van der Waals surface area (Å²) in [5.41, 5.74) is 2.35. The summed E-state index contributed by atoms with van der Waals surface area (Å²) in [6.07, 6.45) is 0. The first kappa shape index (κ1) is 23.0. The van der Waals surface area contributed by atoms with Crippen LogP contribution in [0.3, 0.4) is 0 Å². The molecule has 0 bridgehead atoms. The highest BCUT2D eigenvalue weighted by atomic mass is 29.6. The van der Waals surface area contributed by atoms with Gasteiger partial charge in [-0.15, -0.1) is 0 Å². The molecule has 30 heavy (non-hydrogen) atoms. The summed E-state index contributed by atoms with van der Waals surface area (Å²) in [4.78, 5) is 16.6. The second-order valence-corrected chi connectivity index (χ2v) is 38.3. The number of anilines is 2. The molecule has 1 aliphatic heterocycles. The zero-order chi connectivity index (χ0) is 22.5. The summed E-state index contributed by atoms with van der Waals surface area (Å²) in [5, 5.41) is 0. The maximum absolute atomic E-state index is 14.4. The van der Waals surface area contributed by atoms with Crippen LogP contribution in [0.15, 0.2) is 60.7 Å². The topological polar surface area (TPSA) is 23.6 Å². The van der Waals surface area contributed by atoms with Crippen molar-refractivity contribution in [3.8, 4) is 0 Å². The number of nitrogens with zero attached hydrogens (tertiary/aromatic N) is 2. The van der Waals surface area contributed by atoms with E-state index in [1.807, 2.05) is 12.1 Å². The van der Waals surface area contributed by atoms with E-state index in [2.05, 4.69) is 118 Å². The molecule has 0 radical (unpaired) electrons. The number of carbonyl (C=O) groups is 1. The number of benzene rings is 2. The van der Waals surface area contributed by atoms with Gasteiger partial charge in [-0.05, 0) is 29.7 Å². The van der Waals surface area contributed by atoms with Crippen LogP contribution in [0.2, 0.25) is 39.3 Å². The standard InChI is InChI=1S/C24H38N2OSi3/c1-24(2,3)22-25(20-16-12-10-13-17-20)23(27)26(21-18-14-11-15-19-21)30(22,28(4,5)6)29(7,8)9/h10-19,22H,1-9H3. The fourth-order valence-corrected chi connectivity index (χ4v) is 55.0. The lowest BCUT2D eigenvalue weighted by atomic mass is 9.95. The predicted molar refractivity (Wildman–Crippen MR) is 139 cm³/mol. The van der Waals surface area contributed by atoms with Gasteiger partial charge in [-0.3, -0.25) is 4.90 Å². The normalized spacial score (nSPS) is 20.0. The van der Waals surface area contributed by atoms with Crippen LogP contribution in [-0.4, -0.2) is 34.1 Å². The van der Waals surface area contributed by atoms with Crippen molar-refractivity contribution >= 4 is 39.9 Å². The maximum Gasteiger partial charge on any atom is 0.320 e. The molecule has 2 amide bonds. The third-order valence-electron chi connectivity index (χ3n) is 6.56. The monoisotopic (exact) mass is 454 g/mol. The van der Waals surface area contributed by atoms with E-state index in [0.29, 0.717) is 0 Å². The van der Waals surface area contributed by atoms with Crippen molar-refractivity contribution in [3.63, 3.8) is 0 Å². The molecular weight excluding hydrogens is 417 g/mol. The van der Waals surface area contributed by atoms with Gasteiger partial charge in [0.15, 0.2) is 7.27 Å². The third-order valence-corrected chi connectivity index (χ3v) is 44.4. The molecule has 1 fully saturated rings. The molecule has 1 atom stereocenters. The average Bonchev–Trinajstić information content (AvgIpc) is 2.93. The van der Waals surface area contributed by atoms with Crippen LogP contribution in [0.1, 0.15) is 20.8 Å². The van der Waals surface area contributed by atoms with Crippen LogP contribution in [0.4, 0.5) is 16.2 Å². The van der Waals surface area contributed by atoms with E-state index in [4.69, 9.17) is 0 Å². The molecule has 162 valence electrons. The molecule has 1 saturated heterocycles. The van der Waals surface area contributed by atoms with Crippen molar-refractivity contribution in [1.29, 1.82) is 0 Å². The highest BCUT2D eigenvalue weighted by Gasteiger charge is 2.73. The molecule has 0 spiro atoms. The van der Waals surface area contributed by atoms with Gasteiger partial charge in [0.2, 0.25) is 0 Å². The number of carbonyl (C=O) groups excluding carboxylic acids is 1. The Morgan fingerprint density at radius 2 is 1.13 bits per heavy atom. The van der Waals surface area contributed by atoms with E-state index in [9.17, 15) is 4.79 Å². The number of amides is 2. The zero-order valence-corrected chi connectivity index (χ0v) is 23.2. The van der Waals surface area contributed by atoms with Gasteiger partial charge in [0.1, 0.15) is 0 Å². The van der Waals surface area contributed by atoms with Gasteiger partial charge in [-0.1, -0.05) is 96.5 Å². The molecule has 0 N–H and O–H groups in total. The van der Waals surface area contributed by atoms with Crippen molar-refractivity contribution in [2.24, 2.45) is 5.41 Å². The molecule has 1 aliphatic rings. The summed E-state index contributed by atoms with van der Waals surface area (Å²) >= 11 is 0. The van der Waals surface area contributed by atoms with Gasteiger partial charge in [0.25, 0.3) is 0 Å². The van der Waals surface area contributed by atoms with Crippen molar-refractivity contribution in [2.45, 2.75) is 65.7 Å².